The molecular weight excluding hydrogens is 302 g/mol. The molecule has 0 bridgehead atoms. The fraction of sp³-hybridized carbons (Fsp3) is 0.588. The SMILES string of the molecule is O=C(NCCc1cc(Cl)c2c(c1)OCCO2)C1CCCCC1. The topological polar surface area (TPSA) is 47.6 Å². The van der Waals surface area contributed by atoms with Gasteiger partial charge in [0.15, 0.2) is 11.5 Å². The maximum absolute atomic E-state index is 12.1. The summed E-state index contributed by atoms with van der Waals surface area (Å²) in [4.78, 5) is 12.1. The molecule has 0 saturated heterocycles. The van der Waals surface area contributed by atoms with Crippen molar-refractivity contribution >= 4 is 17.5 Å². The summed E-state index contributed by atoms with van der Waals surface area (Å²) >= 11 is 6.22. The van der Waals surface area contributed by atoms with Gasteiger partial charge in [0, 0.05) is 12.5 Å². The molecule has 0 radical (unpaired) electrons. The summed E-state index contributed by atoms with van der Waals surface area (Å²) in [5, 5.41) is 3.62. The first-order valence-electron chi connectivity index (χ1n) is 8.10. The van der Waals surface area contributed by atoms with E-state index in [1.54, 1.807) is 0 Å². The van der Waals surface area contributed by atoms with Gasteiger partial charge in [0.05, 0.1) is 5.02 Å². The Labute approximate surface area is 136 Å². The lowest BCUT2D eigenvalue weighted by molar-refractivity contribution is -0.125. The van der Waals surface area contributed by atoms with Crippen LogP contribution in [0.3, 0.4) is 0 Å². The first kappa shape index (κ1) is 15.5. The second-order valence-corrected chi connectivity index (χ2v) is 6.38. The third-order valence-electron chi connectivity index (χ3n) is 4.35. The highest BCUT2D eigenvalue weighted by Crippen LogP contribution is 2.38. The number of carbonyl (C=O) groups excluding carboxylic acids is 1. The van der Waals surface area contributed by atoms with Crippen molar-refractivity contribution in [3.63, 3.8) is 0 Å². The Morgan fingerprint density at radius 2 is 1.95 bits per heavy atom. The fourth-order valence-electron chi connectivity index (χ4n) is 3.15. The summed E-state index contributed by atoms with van der Waals surface area (Å²) in [5.41, 5.74) is 1.05. The van der Waals surface area contributed by atoms with Crippen LogP contribution < -0.4 is 14.8 Å². The molecule has 0 atom stereocenters. The Morgan fingerprint density at radius 1 is 1.18 bits per heavy atom. The number of hydrogen-bond acceptors (Lipinski definition) is 3. The Bertz CT molecular complexity index is 541. The van der Waals surface area contributed by atoms with E-state index in [1.165, 1.54) is 19.3 Å². The standard InChI is InChI=1S/C17H22ClNO3/c18-14-10-12(11-15-16(14)22-9-8-21-15)6-7-19-17(20)13-4-2-1-3-5-13/h10-11,13H,1-9H2,(H,19,20). The van der Waals surface area contributed by atoms with Gasteiger partial charge in [-0.1, -0.05) is 30.9 Å². The highest BCUT2D eigenvalue weighted by Gasteiger charge is 2.21. The predicted octanol–water partition coefficient (Wildman–Crippen LogP) is 3.35. The van der Waals surface area contributed by atoms with Crippen LogP contribution in [0.4, 0.5) is 0 Å². The molecule has 0 aromatic heterocycles. The monoisotopic (exact) mass is 323 g/mol. The first-order chi connectivity index (χ1) is 10.7. The molecular formula is C17H22ClNO3. The highest BCUT2D eigenvalue weighted by molar-refractivity contribution is 6.32. The Balaban J connectivity index is 1.53. The van der Waals surface area contributed by atoms with Crippen LogP contribution in [0.5, 0.6) is 11.5 Å². The van der Waals surface area contributed by atoms with Gasteiger partial charge >= 0.3 is 0 Å². The number of amides is 1. The molecule has 120 valence electrons. The van der Waals surface area contributed by atoms with Crippen molar-refractivity contribution < 1.29 is 14.3 Å². The smallest absolute Gasteiger partial charge is 0.223 e. The number of rotatable bonds is 4. The van der Waals surface area contributed by atoms with Crippen molar-refractivity contribution in [2.75, 3.05) is 19.8 Å². The minimum Gasteiger partial charge on any atom is -0.486 e. The quantitative estimate of drug-likeness (QED) is 0.924. The molecule has 1 saturated carbocycles. The summed E-state index contributed by atoms with van der Waals surface area (Å²) in [5.74, 6) is 1.73. The first-order valence-corrected chi connectivity index (χ1v) is 8.47. The summed E-state index contributed by atoms with van der Waals surface area (Å²) in [6.45, 7) is 1.71. The summed E-state index contributed by atoms with van der Waals surface area (Å²) < 4.78 is 11.1. The Kier molecular flexibility index (Phi) is 5.08. The second-order valence-electron chi connectivity index (χ2n) is 5.98. The predicted molar refractivity (Wildman–Crippen MR) is 85.7 cm³/mol. The molecule has 1 aromatic carbocycles. The third-order valence-corrected chi connectivity index (χ3v) is 4.63. The molecule has 1 aliphatic carbocycles. The van der Waals surface area contributed by atoms with Crippen molar-refractivity contribution in [1.29, 1.82) is 0 Å². The minimum atomic E-state index is 0.198. The van der Waals surface area contributed by atoms with Gasteiger partial charge in [-0.25, -0.2) is 0 Å². The Morgan fingerprint density at radius 3 is 2.77 bits per heavy atom. The maximum atomic E-state index is 12.1. The number of hydrogen-bond donors (Lipinski definition) is 1. The third kappa shape index (κ3) is 3.67. The normalized spacial score (nSPS) is 18.0. The summed E-state index contributed by atoms with van der Waals surface area (Å²) in [6, 6.07) is 3.84. The average Bonchev–Trinajstić information content (AvgIpc) is 2.56. The van der Waals surface area contributed by atoms with E-state index < -0.39 is 0 Å². The van der Waals surface area contributed by atoms with Gasteiger partial charge < -0.3 is 14.8 Å². The molecule has 3 rings (SSSR count). The van der Waals surface area contributed by atoms with E-state index in [-0.39, 0.29) is 11.8 Å². The van der Waals surface area contributed by atoms with Crippen LogP contribution >= 0.6 is 11.6 Å². The van der Waals surface area contributed by atoms with Crippen LogP contribution in [0.2, 0.25) is 5.02 Å². The van der Waals surface area contributed by atoms with Crippen molar-refractivity contribution in [2.24, 2.45) is 5.92 Å². The van der Waals surface area contributed by atoms with Gasteiger partial charge in [0.25, 0.3) is 0 Å². The van der Waals surface area contributed by atoms with Crippen LogP contribution in [-0.2, 0) is 11.2 Å². The van der Waals surface area contributed by atoms with E-state index in [1.807, 2.05) is 12.1 Å². The van der Waals surface area contributed by atoms with E-state index in [9.17, 15) is 4.79 Å². The van der Waals surface area contributed by atoms with Crippen LogP contribution in [0.1, 0.15) is 37.7 Å². The van der Waals surface area contributed by atoms with E-state index >= 15 is 0 Å². The zero-order chi connectivity index (χ0) is 15.4. The van der Waals surface area contributed by atoms with E-state index in [0.29, 0.717) is 36.3 Å². The number of fused-ring (bicyclic) bond motifs is 1. The summed E-state index contributed by atoms with van der Waals surface area (Å²) in [6.07, 6.45) is 6.42. The molecule has 1 heterocycles. The van der Waals surface area contributed by atoms with Gasteiger partial charge in [-0.3, -0.25) is 4.79 Å². The van der Waals surface area contributed by atoms with Crippen LogP contribution in [0.25, 0.3) is 0 Å². The zero-order valence-corrected chi connectivity index (χ0v) is 13.5. The molecule has 1 N–H and O–H groups in total. The number of carbonyl (C=O) groups is 1. The van der Waals surface area contributed by atoms with Crippen molar-refractivity contribution in [2.45, 2.75) is 38.5 Å². The minimum absolute atomic E-state index is 0.198. The number of benzene rings is 1. The average molecular weight is 324 g/mol. The maximum Gasteiger partial charge on any atom is 0.223 e. The summed E-state index contributed by atoms with van der Waals surface area (Å²) in [7, 11) is 0. The molecule has 1 aliphatic heterocycles. The zero-order valence-electron chi connectivity index (χ0n) is 12.7. The molecule has 0 spiro atoms. The molecule has 1 fully saturated rings. The van der Waals surface area contributed by atoms with Crippen molar-refractivity contribution in [3.05, 3.63) is 22.7 Å². The van der Waals surface area contributed by atoms with Gasteiger partial charge in [-0.2, -0.15) is 0 Å². The van der Waals surface area contributed by atoms with Crippen molar-refractivity contribution in [3.8, 4) is 11.5 Å². The van der Waals surface area contributed by atoms with Gasteiger partial charge in [0.2, 0.25) is 5.91 Å². The number of nitrogens with one attached hydrogen (secondary N) is 1. The van der Waals surface area contributed by atoms with Crippen LogP contribution in [0, 0.1) is 5.92 Å². The fourth-order valence-corrected chi connectivity index (χ4v) is 3.44. The highest BCUT2D eigenvalue weighted by atomic mass is 35.5. The lowest BCUT2D eigenvalue weighted by Crippen LogP contribution is -2.33. The van der Waals surface area contributed by atoms with E-state index in [4.69, 9.17) is 21.1 Å². The van der Waals surface area contributed by atoms with E-state index in [0.717, 1.165) is 24.8 Å². The molecule has 0 unspecified atom stereocenters. The van der Waals surface area contributed by atoms with Crippen molar-refractivity contribution in [1.82, 2.24) is 5.32 Å². The van der Waals surface area contributed by atoms with Crippen LogP contribution in [-0.4, -0.2) is 25.7 Å². The lowest BCUT2D eigenvalue weighted by atomic mass is 9.88. The van der Waals surface area contributed by atoms with Gasteiger partial charge in [-0.05, 0) is 37.0 Å². The van der Waals surface area contributed by atoms with Crippen LogP contribution in [0.15, 0.2) is 12.1 Å². The molecule has 22 heavy (non-hydrogen) atoms. The Hall–Kier alpha value is -1.42. The van der Waals surface area contributed by atoms with E-state index in [2.05, 4.69) is 5.32 Å². The molecule has 4 nitrogen and oxygen atoms in total. The number of ether oxygens (including phenoxy) is 2. The lowest BCUT2D eigenvalue weighted by Gasteiger charge is -2.21. The molecule has 1 aromatic rings. The second kappa shape index (κ2) is 7.23. The number of halogens is 1. The van der Waals surface area contributed by atoms with Gasteiger partial charge in [0.1, 0.15) is 13.2 Å². The molecule has 5 heteroatoms. The molecule has 1 amide bonds. The molecule has 2 aliphatic rings. The van der Waals surface area contributed by atoms with Gasteiger partial charge in [-0.15, -0.1) is 0 Å². The largest absolute Gasteiger partial charge is 0.486 e.